The Morgan fingerprint density at radius 2 is 1.88 bits per heavy atom. The first kappa shape index (κ1) is 13.9. The van der Waals surface area contributed by atoms with Crippen molar-refractivity contribution >= 4 is 23.0 Å². The molecule has 0 saturated heterocycles. The monoisotopic (exact) mass is 251 g/mol. The molecule has 0 atom stereocenters. The second kappa shape index (κ2) is 7.25. The summed E-state index contributed by atoms with van der Waals surface area (Å²) in [7, 11) is 3.81. The highest BCUT2D eigenvalue weighted by Crippen LogP contribution is 2.11. The molecule has 0 aliphatic heterocycles. The third-order valence-corrected chi connectivity index (χ3v) is 2.55. The Morgan fingerprint density at radius 3 is 2.41 bits per heavy atom. The van der Waals surface area contributed by atoms with Crippen molar-refractivity contribution in [1.82, 2.24) is 10.4 Å². The molecular formula is C13H21N3S. The molecule has 1 rings (SSSR count). The minimum atomic E-state index is 0.608. The number of nitrogens with one attached hydrogen (secondary N) is 2. The number of nitrogens with zero attached hydrogens (tertiary/aromatic N) is 1. The largest absolute Gasteiger partial charge is 0.332 e. The van der Waals surface area contributed by atoms with Crippen LogP contribution in [0, 0.1) is 0 Å². The summed E-state index contributed by atoms with van der Waals surface area (Å²) in [6, 6.07) is 8.43. The van der Waals surface area contributed by atoms with Crippen molar-refractivity contribution in [2.45, 2.75) is 26.2 Å². The molecule has 3 nitrogen and oxygen atoms in total. The van der Waals surface area contributed by atoms with E-state index in [2.05, 4.69) is 41.9 Å². The van der Waals surface area contributed by atoms with Crippen LogP contribution in [0.15, 0.2) is 24.3 Å². The van der Waals surface area contributed by atoms with Crippen LogP contribution in [-0.2, 0) is 6.42 Å². The van der Waals surface area contributed by atoms with E-state index in [0.717, 1.165) is 12.1 Å². The zero-order chi connectivity index (χ0) is 12.7. The van der Waals surface area contributed by atoms with Crippen molar-refractivity contribution in [3.8, 4) is 0 Å². The molecule has 0 aliphatic rings. The summed E-state index contributed by atoms with van der Waals surface area (Å²) < 4.78 is 0. The maximum atomic E-state index is 5.15. The molecule has 0 saturated carbocycles. The molecule has 2 N–H and O–H groups in total. The van der Waals surface area contributed by atoms with E-state index in [1.54, 1.807) is 0 Å². The van der Waals surface area contributed by atoms with Gasteiger partial charge >= 0.3 is 0 Å². The van der Waals surface area contributed by atoms with Gasteiger partial charge in [0.25, 0.3) is 0 Å². The summed E-state index contributed by atoms with van der Waals surface area (Å²) in [5, 5.41) is 5.55. The molecule has 0 fully saturated rings. The third kappa shape index (κ3) is 5.65. The number of rotatable bonds is 5. The molecule has 0 amide bonds. The van der Waals surface area contributed by atoms with Gasteiger partial charge in [-0.1, -0.05) is 25.5 Å². The van der Waals surface area contributed by atoms with Gasteiger partial charge in [-0.2, -0.15) is 0 Å². The Bertz CT molecular complexity index is 346. The second-order valence-electron chi connectivity index (χ2n) is 4.26. The van der Waals surface area contributed by atoms with E-state index in [9.17, 15) is 0 Å². The Labute approximate surface area is 109 Å². The van der Waals surface area contributed by atoms with Gasteiger partial charge in [0.05, 0.1) is 0 Å². The highest BCUT2D eigenvalue weighted by Gasteiger charge is 1.98. The molecule has 17 heavy (non-hydrogen) atoms. The zero-order valence-corrected chi connectivity index (χ0v) is 11.6. The highest BCUT2D eigenvalue weighted by atomic mass is 32.1. The van der Waals surface area contributed by atoms with Gasteiger partial charge in [0.2, 0.25) is 0 Å². The van der Waals surface area contributed by atoms with Crippen LogP contribution in [0.2, 0.25) is 0 Å². The number of aryl methyl sites for hydroxylation is 1. The lowest BCUT2D eigenvalue weighted by atomic mass is 10.1. The maximum absolute atomic E-state index is 5.15. The molecular weight excluding hydrogens is 230 g/mol. The van der Waals surface area contributed by atoms with Crippen LogP contribution in [0.3, 0.4) is 0 Å². The first-order chi connectivity index (χ1) is 8.11. The van der Waals surface area contributed by atoms with Gasteiger partial charge in [-0.25, -0.2) is 5.01 Å². The Hall–Kier alpha value is -1.13. The smallest absolute Gasteiger partial charge is 0.185 e. The van der Waals surface area contributed by atoms with Gasteiger partial charge in [0.15, 0.2) is 5.11 Å². The first-order valence-corrected chi connectivity index (χ1v) is 6.36. The van der Waals surface area contributed by atoms with E-state index in [1.165, 1.54) is 18.4 Å². The number of hydrogen-bond donors (Lipinski definition) is 2. The van der Waals surface area contributed by atoms with Crippen molar-refractivity contribution < 1.29 is 0 Å². The topological polar surface area (TPSA) is 27.3 Å². The summed E-state index contributed by atoms with van der Waals surface area (Å²) >= 11 is 5.15. The molecule has 1 aromatic carbocycles. The fraction of sp³-hybridized carbons (Fsp3) is 0.462. The molecule has 0 unspecified atom stereocenters. The SMILES string of the molecule is CCCCc1ccc(NC(=S)NN(C)C)cc1. The Balaban J connectivity index is 2.47. The van der Waals surface area contributed by atoms with Gasteiger partial charge in [0.1, 0.15) is 0 Å². The van der Waals surface area contributed by atoms with Gasteiger partial charge < -0.3 is 5.32 Å². The molecule has 0 radical (unpaired) electrons. The number of thiocarbonyl (C=S) groups is 1. The predicted octanol–water partition coefficient (Wildman–Crippen LogP) is 2.79. The van der Waals surface area contributed by atoms with Crippen LogP contribution in [-0.4, -0.2) is 24.2 Å². The summed E-state index contributed by atoms with van der Waals surface area (Å²) in [5.41, 5.74) is 5.39. The van der Waals surface area contributed by atoms with Crippen molar-refractivity contribution in [1.29, 1.82) is 0 Å². The number of anilines is 1. The van der Waals surface area contributed by atoms with Gasteiger partial charge in [-0.15, -0.1) is 0 Å². The summed E-state index contributed by atoms with van der Waals surface area (Å²) in [6.07, 6.45) is 3.63. The van der Waals surface area contributed by atoms with Crippen molar-refractivity contribution in [2.75, 3.05) is 19.4 Å². The number of benzene rings is 1. The molecule has 1 aromatic rings. The van der Waals surface area contributed by atoms with E-state index < -0.39 is 0 Å². The second-order valence-corrected chi connectivity index (χ2v) is 4.67. The third-order valence-electron chi connectivity index (χ3n) is 2.36. The van der Waals surface area contributed by atoms with E-state index in [1.807, 2.05) is 19.1 Å². The molecule has 0 bridgehead atoms. The molecule has 0 heterocycles. The van der Waals surface area contributed by atoms with Gasteiger partial charge in [-0.3, -0.25) is 5.43 Å². The fourth-order valence-corrected chi connectivity index (χ4v) is 1.80. The minimum Gasteiger partial charge on any atom is -0.332 e. The van der Waals surface area contributed by atoms with Crippen LogP contribution < -0.4 is 10.7 Å². The van der Waals surface area contributed by atoms with Crippen molar-refractivity contribution in [3.63, 3.8) is 0 Å². The van der Waals surface area contributed by atoms with E-state index in [0.29, 0.717) is 5.11 Å². The summed E-state index contributed by atoms with van der Waals surface area (Å²) in [6.45, 7) is 2.21. The van der Waals surface area contributed by atoms with E-state index in [-0.39, 0.29) is 0 Å². The first-order valence-electron chi connectivity index (χ1n) is 5.95. The van der Waals surface area contributed by atoms with E-state index in [4.69, 9.17) is 12.2 Å². The molecule has 94 valence electrons. The van der Waals surface area contributed by atoms with Crippen molar-refractivity contribution in [2.24, 2.45) is 0 Å². The van der Waals surface area contributed by atoms with Crippen LogP contribution in [0.1, 0.15) is 25.3 Å². The Morgan fingerprint density at radius 1 is 1.24 bits per heavy atom. The average molecular weight is 251 g/mol. The van der Waals surface area contributed by atoms with Crippen LogP contribution in [0.25, 0.3) is 0 Å². The van der Waals surface area contributed by atoms with Gasteiger partial charge in [0, 0.05) is 19.8 Å². The minimum absolute atomic E-state index is 0.608. The lowest BCUT2D eigenvalue weighted by Gasteiger charge is -2.15. The van der Waals surface area contributed by atoms with Gasteiger partial charge in [-0.05, 0) is 42.8 Å². The zero-order valence-electron chi connectivity index (χ0n) is 10.8. The van der Waals surface area contributed by atoms with Crippen molar-refractivity contribution in [3.05, 3.63) is 29.8 Å². The highest BCUT2D eigenvalue weighted by molar-refractivity contribution is 7.80. The lowest BCUT2D eigenvalue weighted by Crippen LogP contribution is -2.38. The molecule has 0 aliphatic carbocycles. The quantitative estimate of drug-likeness (QED) is 0.621. The summed E-state index contributed by atoms with van der Waals surface area (Å²) in [4.78, 5) is 0. The predicted molar refractivity (Wildman–Crippen MR) is 78.1 cm³/mol. The molecule has 0 aromatic heterocycles. The fourth-order valence-electron chi connectivity index (χ4n) is 1.50. The van der Waals surface area contributed by atoms with Crippen LogP contribution in [0.5, 0.6) is 0 Å². The lowest BCUT2D eigenvalue weighted by molar-refractivity contribution is 0.365. The molecule has 4 heteroatoms. The van der Waals surface area contributed by atoms with E-state index >= 15 is 0 Å². The standard InChI is InChI=1S/C13H21N3S/c1-4-5-6-11-7-9-12(10-8-11)14-13(17)15-16(2)3/h7-10H,4-6H2,1-3H3,(H2,14,15,17). The normalized spacial score (nSPS) is 10.4. The number of hydrazine groups is 1. The van der Waals surface area contributed by atoms with Crippen LogP contribution >= 0.6 is 12.2 Å². The average Bonchev–Trinajstić information content (AvgIpc) is 2.27. The van der Waals surface area contributed by atoms with Crippen LogP contribution in [0.4, 0.5) is 5.69 Å². The number of hydrogen-bond acceptors (Lipinski definition) is 2. The number of unbranched alkanes of at least 4 members (excludes halogenated alkanes) is 1. The molecule has 0 spiro atoms. The summed E-state index contributed by atoms with van der Waals surface area (Å²) in [5.74, 6) is 0. The Kier molecular flexibility index (Phi) is 5.94. The maximum Gasteiger partial charge on any atom is 0.185 e.